The van der Waals surface area contributed by atoms with Crippen molar-refractivity contribution >= 4 is 11.4 Å². The van der Waals surface area contributed by atoms with Gasteiger partial charge in [-0.25, -0.2) is 0 Å². The van der Waals surface area contributed by atoms with Gasteiger partial charge < -0.3 is 15.0 Å². The van der Waals surface area contributed by atoms with Crippen molar-refractivity contribution in [3.63, 3.8) is 0 Å². The maximum Gasteiger partial charge on any atom is 0.0751 e. The van der Waals surface area contributed by atoms with E-state index in [0.29, 0.717) is 12.2 Å². The summed E-state index contributed by atoms with van der Waals surface area (Å²) in [4.78, 5) is 2.13. The van der Waals surface area contributed by atoms with Crippen LogP contribution in [-0.2, 0) is 4.74 Å². The van der Waals surface area contributed by atoms with Crippen molar-refractivity contribution < 1.29 is 4.74 Å². The second kappa shape index (κ2) is 5.41. The van der Waals surface area contributed by atoms with E-state index < -0.39 is 0 Å². The van der Waals surface area contributed by atoms with Gasteiger partial charge in [0.05, 0.1) is 23.6 Å². The van der Waals surface area contributed by atoms with Gasteiger partial charge in [0.25, 0.3) is 0 Å². The van der Waals surface area contributed by atoms with Crippen LogP contribution in [-0.4, -0.2) is 32.8 Å². The van der Waals surface area contributed by atoms with Crippen molar-refractivity contribution in [1.82, 2.24) is 0 Å². The highest BCUT2D eigenvalue weighted by atomic mass is 16.5. The molecule has 1 heterocycles. The molecule has 0 bridgehead atoms. The van der Waals surface area contributed by atoms with Crippen molar-refractivity contribution in [3.05, 3.63) is 24.3 Å². The van der Waals surface area contributed by atoms with Crippen LogP contribution >= 0.6 is 0 Å². The number of para-hydroxylation sites is 2. The zero-order valence-electron chi connectivity index (χ0n) is 10.9. The van der Waals surface area contributed by atoms with Crippen molar-refractivity contribution in [1.29, 1.82) is 0 Å². The van der Waals surface area contributed by atoms with Gasteiger partial charge in [-0.05, 0) is 31.9 Å². The molecule has 17 heavy (non-hydrogen) atoms. The van der Waals surface area contributed by atoms with E-state index in [4.69, 9.17) is 4.74 Å². The van der Waals surface area contributed by atoms with Crippen LogP contribution in [0.3, 0.4) is 0 Å². The monoisotopic (exact) mass is 234 g/mol. The van der Waals surface area contributed by atoms with Gasteiger partial charge in [0, 0.05) is 20.6 Å². The molecule has 1 N–H and O–H groups in total. The van der Waals surface area contributed by atoms with E-state index in [2.05, 4.69) is 55.5 Å². The molecule has 2 unspecified atom stereocenters. The van der Waals surface area contributed by atoms with E-state index in [1.54, 1.807) is 0 Å². The summed E-state index contributed by atoms with van der Waals surface area (Å²) in [5.74, 6) is 0. The number of anilines is 2. The SMILES string of the molecule is CC1CCC(CNc2ccccc2N(C)C)O1. The third kappa shape index (κ3) is 3.13. The van der Waals surface area contributed by atoms with Crippen molar-refractivity contribution in [2.75, 3.05) is 30.9 Å². The van der Waals surface area contributed by atoms with Gasteiger partial charge in [-0.15, -0.1) is 0 Å². The van der Waals surface area contributed by atoms with E-state index >= 15 is 0 Å². The van der Waals surface area contributed by atoms with Crippen LogP contribution < -0.4 is 10.2 Å². The summed E-state index contributed by atoms with van der Waals surface area (Å²) in [6.45, 7) is 3.04. The molecule has 3 heteroatoms. The minimum absolute atomic E-state index is 0.361. The molecule has 1 aliphatic heterocycles. The molecule has 0 aliphatic carbocycles. The summed E-state index contributed by atoms with van der Waals surface area (Å²) < 4.78 is 5.81. The number of rotatable bonds is 4. The van der Waals surface area contributed by atoms with E-state index in [1.807, 2.05) is 0 Å². The number of hydrogen-bond donors (Lipinski definition) is 1. The summed E-state index contributed by atoms with van der Waals surface area (Å²) in [6, 6.07) is 8.37. The highest BCUT2D eigenvalue weighted by Crippen LogP contribution is 2.25. The fourth-order valence-corrected chi connectivity index (χ4v) is 2.27. The Kier molecular flexibility index (Phi) is 3.89. The van der Waals surface area contributed by atoms with Crippen LogP contribution in [0, 0.1) is 0 Å². The van der Waals surface area contributed by atoms with Crippen LogP contribution in [0.1, 0.15) is 19.8 Å². The molecule has 3 nitrogen and oxygen atoms in total. The Morgan fingerprint density at radius 3 is 2.71 bits per heavy atom. The van der Waals surface area contributed by atoms with Crippen molar-refractivity contribution in [2.24, 2.45) is 0 Å². The lowest BCUT2D eigenvalue weighted by Crippen LogP contribution is -2.21. The Labute approximate surface area is 104 Å². The van der Waals surface area contributed by atoms with E-state index in [0.717, 1.165) is 13.0 Å². The summed E-state index contributed by atoms with van der Waals surface area (Å²) >= 11 is 0. The quantitative estimate of drug-likeness (QED) is 0.867. The van der Waals surface area contributed by atoms with Crippen LogP contribution in [0.2, 0.25) is 0 Å². The maximum absolute atomic E-state index is 5.81. The molecular formula is C14H22N2O. The van der Waals surface area contributed by atoms with Crippen LogP contribution in [0.25, 0.3) is 0 Å². The fourth-order valence-electron chi connectivity index (χ4n) is 2.27. The molecule has 0 radical (unpaired) electrons. The lowest BCUT2D eigenvalue weighted by Gasteiger charge is -2.20. The van der Waals surface area contributed by atoms with Gasteiger partial charge in [0.15, 0.2) is 0 Å². The summed E-state index contributed by atoms with van der Waals surface area (Å²) in [5.41, 5.74) is 2.40. The van der Waals surface area contributed by atoms with Crippen LogP contribution in [0.5, 0.6) is 0 Å². The molecule has 2 rings (SSSR count). The number of benzene rings is 1. The number of nitrogens with zero attached hydrogens (tertiary/aromatic N) is 1. The first-order chi connectivity index (χ1) is 8.16. The largest absolute Gasteiger partial charge is 0.381 e. The average Bonchev–Trinajstić information content (AvgIpc) is 2.73. The summed E-state index contributed by atoms with van der Waals surface area (Å²) in [5, 5.41) is 3.49. The lowest BCUT2D eigenvalue weighted by atomic mass is 10.2. The van der Waals surface area contributed by atoms with E-state index in [1.165, 1.54) is 17.8 Å². The molecule has 94 valence electrons. The van der Waals surface area contributed by atoms with Crippen molar-refractivity contribution in [2.45, 2.75) is 32.0 Å². The average molecular weight is 234 g/mol. The Morgan fingerprint density at radius 1 is 1.29 bits per heavy atom. The smallest absolute Gasteiger partial charge is 0.0751 e. The van der Waals surface area contributed by atoms with Crippen LogP contribution in [0.4, 0.5) is 11.4 Å². The molecule has 1 aromatic rings. The van der Waals surface area contributed by atoms with Gasteiger partial charge in [0.1, 0.15) is 0 Å². The second-order valence-corrected chi connectivity index (χ2v) is 4.94. The first kappa shape index (κ1) is 12.2. The second-order valence-electron chi connectivity index (χ2n) is 4.94. The molecular weight excluding hydrogens is 212 g/mol. The Balaban J connectivity index is 1.94. The summed E-state index contributed by atoms with van der Waals surface area (Å²) in [7, 11) is 4.13. The van der Waals surface area contributed by atoms with Crippen molar-refractivity contribution in [3.8, 4) is 0 Å². The maximum atomic E-state index is 5.81. The minimum Gasteiger partial charge on any atom is -0.381 e. The zero-order chi connectivity index (χ0) is 12.3. The lowest BCUT2D eigenvalue weighted by molar-refractivity contribution is 0.0637. The van der Waals surface area contributed by atoms with E-state index in [-0.39, 0.29) is 0 Å². The minimum atomic E-state index is 0.361. The zero-order valence-corrected chi connectivity index (χ0v) is 10.9. The molecule has 1 aliphatic rings. The number of ether oxygens (including phenoxy) is 1. The molecule has 2 atom stereocenters. The van der Waals surface area contributed by atoms with Crippen LogP contribution in [0.15, 0.2) is 24.3 Å². The predicted molar refractivity (Wildman–Crippen MR) is 72.8 cm³/mol. The highest BCUT2D eigenvalue weighted by Gasteiger charge is 2.21. The molecule has 0 saturated carbocycles. The third-order valence-corrected chi connectivity index (χ3v) is 3.23. The molecule has 0 aromatic heterocycles. The topological polar surface area (TPSA) is 24.5 Å². The first-order valence-corrected chi connectivity index (χ1v) is 6.32. The highest BCUT2D eigenvalue weighted by molar-refractivity contribution is 5.69. The molecule has 1 saturated heterocycles. The van der Waals surface area contributed by atoms with Gasteiger partial charge in [-0.2, -0.15) is 0 Å². The fraction of sp³-hybridized carbons (Fsp3) is 0.571. The molecule has 1 fully saturated rings. The van der Waals surface area contributed by atoms with E-state index in [9.17, 15) is 0 Å². The van der Waals surface area contributed by atoms with Gasteiger partial charge in [-0.1, -0.05) is 12.1 Å². The summed E-state index contributed by atoms with van der Waals surface area (Å²) in [6.07, 6.45) is 3.13. The predicted octanol–water partition coefficient (Wildman–Crippen LogP) is 2.73. The Hall–Kier alpha value is -1.22. The number of nitrogens with one attached hydrogen (secondary N) is 1. The Morgan fingerprint density at radius 2 is 2.06 bits per heavy atom. The third-order valence-electron chi connectivity index (χ3n) is 3.23. The standard InChI is InChI=1S/C14H22N2O/c1-11-8-9-12(17-11)10-15-13-6-4-5-7-14(13)16(2)3/h4-7,11-12,15H,8-10H2,1-3H3. The van der Waals surface area contributed by atoms with Gasteiger partial charge in [0.2, 0.25) is 0 Å². The molecule has 0 amide bonds. The van der Waals surface area contributed by atoms with Gasteiger partial charge in [-0.3, -0.25) is 0 Å². The normalized spacial score (nSPS) is 23.7. The first-order valence-electron chi connectivity index (χ1n) is 6.32. The number of hydrogen-bond acceptors (Lipinski definition) is 3. The molecule has 0 spiro atoms. The van der Waals surface area contributed by atoms with Gasteiger partial charge >= 0.3 is 0 Å². The Bertz CT molecular complexity index is 365. The molecule has 1 aromatic carbocycles.